The van der Waals surface area contributed by atoms with E-state index in [1.165, 1.54) is 0 Å². The number of carboxylic acids is 1. The van der Waals surface area contributed by atoms with E-state index in [9.17, 15) is 13.2 Å². The number of carbonyl (C=O) groups is 1. The van der Waals surface area contributed by atoms with Crippen LogP contribution in [0.4, 0.5) is 13.2 Å². The van der Waals surface area contributed by atoms with Crippen molar-refractivity contribution in [2.45, 2.75) is 19.0 Å². The molecule has 0 fully saturated rings. The maximum atomic E-state index is 10.6. The first-order valence-electron chi connectivity index (χ1n) is 12.5. The fourth-order valence-electron chi connectivity index (χ4n) is 3.16. The van der Waals surface area contributed by atoms with Crippen LogP contribution in [0.1, 0.15) is 35.4 Å². The smallest absolute Gasteiger partial charge is 0.490 e. The van der Waals surface area contributed by atoms with Crippen LogP contribution in [-0.4, -0.2) is 60.6 Å². The third-order valence-electron chi connectivity index (χ3n) is 5.19. The third kappa shape index (κ3) is 12.9. The lowest BCUT2D eigenvalue weighted by Crippen LogP contribution is -2.31. The van der Waals surface area contributed by atoms with Crippen LogP contribution in [0, 0.1) is 5.41 Å². The van der Waals surface area contributed by atoms with E-state index in [0.717, 1.165) is 46.9 Å². The first kappa shape index (κ1) is 33.1. The van der Waals surface area contributed by atoms with Crippen LogP contribution in [0.25, 0.3) is 24.3 Å². The Kier molecular flexibility index (Phi) is 13.3. The molecule has 0 saturated carbocycles. The molecule has 0 bridgehead atoms. The number of unbranched alkanes of at least 4 members (excludes halogenated alkanes) is 1. The Labute approximate surface area is 241 Å². The molecule has 224 valence electrons. The number of guanidine groups is 1. The molecule has 3 rings (SSSR count). The summed E-state index contributed by atoms with van der Waals surface area (Å²) >= 11 is 0. The van der Waals surface area contributed by atoms with E-state index in [-0.39, 0.29) is 5.96 Å². The number of benzene rings is 2. The Morgan fingerprint density at radius 2 is 1.43 bits per heavy atom. The third-order valence-corrected chi connectivity index (χ3v) is 5.19. The molecule has 0 aliphatic carbocycles. The summed E-state index contributed by atoms with van der Waals surface area (Å²) < 4.78 is 48.2. The van der Waals surface area contributed by atoms with Gasteiger partial charge in [-0.1, -0.05) is 36.4 Å². The average molecular weight is 588 g/mol. The number of methoxy groups -OCH3 is 2. The van der Waals surface area contributed by atoms with Crippen LogP contribution < -0.4 is 25.3 Å². The molecule has 1 heterocycles. The van der Waals surface area contributed by atoms with Crippen LogP contribution in [0.3, 0.4) is 0 Å². The summed E-state index contributed by atoms with van der Waals surface area (Å²) in [7, 11) is 3.29. The topological polar surface area (TPSA) is 153 Å². The number of nitrogens with zero attached hydrogens (tertiary/aromatic N) is 2. The molecule has 1 aromatic heterocycles. The molecule has 0 unspecified atom stereocenters. The van der Waals surface area contributed by atoms with Crippen molar-refractivity contribution in [3.63, 3.8) is 0 Å². The highest BCUT2D eigenvalue weighted by atomic mass is 19.4. The van der Waals surface area contributed by atoms with Crippen molar-refractivity contribution >= 4 is 36.2 Å². The minimum Gasteiger partial charge on any atom is -0.497 e. The molecule has 13 heteroatoms. The lowest BCUT2D eigenvalue weighted by atomic mass is 10.1. The van der Waals surface area contributed by atoms with Gasteiger partial charge in [0.25, 0.3) is 0 Å². The number of aliphatic carboxylic acids is 1. The predicted molar refractivity (Wildman–Crippen MR) is 154 cm³/mol. The van der Waals surface area contributed by atoms with Crippen LogP contribution in [0.15, 0.2) is 54.6 Å². The number of halogens is 3. The fraction of sp³-hybridized carbons (Fsp3) is 0.241. The van der Waals surface area contributed by atoms with Gasteiger partial charge in [-0.3, -0.25) is 5.41 Å². The van der Waals surface area contributed by atoms with E-state index in [0.29, 0.717) is 19.2 Å². The molecule has 0 radical (unpaired) electrons. The highest BCUT2D eigenvalue weighted by Crippen LogP contribution is 2.19. The van der Waals surface area contributed by atoms with Crippen LogP contribution in [-0.2, 0) is 4.79 Å². The summed E-state index contributed by atoms with van der Waals surface area (Å²) in [5.74, 6) is -1.20. The summed E-state index contributed by atoms with van der Waals surface area (Å²) in [5, 5.41) is 17.1. The molecule has 0 amide bonds. The quantitative estimate of drug-likeness (QED) is 0.129. The predicted octanol–water partition coefficient (Wildman–Crippen LogP) is 5.11. The van der Waals surface area contributed by atoms with Gasteiger partial charge in [-0.05, 0) is 66.5 Å². The lowest BCUT2D eigenvalue weighted by molar-refractivity contribution is -0.192. The van der Waals surface area contributed by atoms with Crippen molar-refractivity contribution in [3.05, 3.63) is 77.1 Å². The van der Waals surface area contributed by atoms with E-state index in [1.54, 1.807) is 14.2 Å². The van der Waals surface area contributed by atoms with Gasteiger partial charge in [0, 0.05) is 6.54 Å². The number of alkyl halides is 3. The Balaban J connectivity index is 0.000000782. The Morgan fingerprint density at radius 3 is 1.86 bits per heavy atom. The maximum Gasteiger partial charge on any atom is 0.490 e. The largest absolute Gasteiger partial charge is 0.497 e. The summed E-state index contributed by atoms with van der Waals surface area (Å²) in [6.45, 7) is 1.08. The first-order valence-corrected chi connectivity index (χ1v) is 12.5. The Hall–Kier alpha value is -5.07. The maximum absolute atomic E-state index is 10.6. The van der Waals surface area contributed by atoms with Crippen molar-refractivity contribution in [1.82, 2.24) is 15.3 Å². The normalized spacial score (nSPS) is 11.1. The summed E-state index contributed by atoms with van der Waals surface area (Å²) in [5.41, 5.74) is 8.74. The fourth-order valence-corrected chi connectivity index (χ4v) is 3.16. The summed E-state index contributed by atoms with van der Waals surface area (Å²) in [6, 6.07) is 17.8. The second-order valence-electron chi connectivity index (χ2n) is 8.42. The van der Waals surface area contributed by atoms with Gasteiger partial charge >= 0.3 is 18.2 Å². The zero-order chi connectivity index (χ0) is 31.0. The van der Waals surface area contributed by atoms with Gasteiger partial charge in [0.15, 0.2) is 5.96 Å². The van der Waals surface area contributed by atoms with E-state index in [4.69, 9.17) is 35.3 Å². The SMILES string of the molecule is COc1cccc(C=Cc2cc(C=Cc3cccc(OC)c3)nc(OCCCCNC(=N)N)n2)c1.O=C(O)C(F)(F)F. The van der Waals surface area contributed by atoms with Gasteiger partial charge in [-0.2, -0.15) is 23.1 Å². The molecule has 3 aromatic rings. The zero-order valence-corrected chi connectivity index (χ0v) is 23.0. The molecular formula is C29H32F3N5O5. The standard InChI is InChI=1S/C27H31N5O3.C2HF3O2/c1-33-24-9-5-7-20(17-24)11-13-22-19-23(14-12-21-8-6-10-25(18-21)34-2)32-27(31-22)35-16-4-3-15-30-26(28)29;3-2(4,5)1(6)7/h5-14,17-19H,3-4,15-16H2,1-2H3,(H4,28,29,30);(H,6,7). The van der Waals surface area contributed by atoms with Gasteiger partial charge in [0.2, 0.25) is 0 Å². The number of rotatable bonds is 12. The van der Waals surface area contributed by atoms with E-state index in [2.05, 4.69) is 15.3 Å². The van der Waals surface area contributed by atoms with Gasteiger partial charge in [-0.15, -0.1) is 0 Å². The molecule has 0 saturated heterocycles. The summed E-state index contributed by atoms with van der Waals surface area (Å²) in [4.78, 5) is 18.0. The second-order valence-corrected chi connectivity index (χ2v) is 8.42. The van der Waals surface area contributed by atoms with Crippen LogP contribution in [0.2, 0.25) is 0 Å². The molecular weight excluding hydrogens is 555 g/mol. The molecule has 2 aromatic carbocycles. The van der Waals surface area contributed by atoms with Gasteiger partial charge in [-0.25, -0.2) is 4.79 Å². The summed E-state index contributed by atoms with van der Waals surface area (Å²) in [6.07, 6.45) is 4.29. The van der Waals surface area contributed by atoms with Crippen molar-refractivity contribution < 1.29 is 37.3 Å². The molecule has 0 aliphatic heterocycles. The molecule has 0 aliphatic rings. The van der Waals surface area contributed by atoms with Gasteiger partial charge in [0.05, 0.1) is 32.2 Å². The lowest BCUT2D eigenvalue weighted by Gasteiger charge is -2.07. The average Bonchev–Trinajstić information content (AvgIpc) is 2.96. The van der Waals surface area contributed by atoms with Crippen molar-refractivity contribution in [2.75, 3.05) is 27.4 Å². The van der Waals surface area contributed by atoms with Gasteiger partial charge in [0.1, 0.15) is 11.5 Å². The highest BCUT2D eigenvalue weighted by molar-refractivity contribution is 5.74. The second kappa shape index (κ2) is 16.9. The minimum absolute atomic E-state index is 0.0303. The Morgan fingerprint density at radius 1 is 0.929 bits per heavy atom. The Bertz CT molecular complexity index is 1300. The molecule has 0 atom stereocenters. The molecule has 10 nitrogen and oxygen atoms in total. The van der Waals surface area contributed by atoms with Crippen LogP contribution in [0.5, 0.6) is 17.5 Å². The number of ether oxygens (including phenoxy) is 3. The van der Waals surface area contributed by atoms with Crippen molar-refractivity contribution in [2.24, 2.45) is 5.73 Å². The number of hydrogen-bond acceptors (Lipinski definition) is 7. The zero-order valence-electron chi connectivity index (χ0n) is 23.0. The van der Waals surface area contributed by atoms with E-state index >= 15 is 0 Å². The van der Waals surface area contributed by atoms with Crippen molar-refractivity contribution in [1.29, 1.82) is 5.41 Å². The molecule has 42 heavy (non-hydrogen) atoms. The highest BCUT2D eigenvalue weighted by Gasteiger charge is 2.38. The minimum atomic E-state index is -5.08. The number of nitrogens with two attached hydrogens (primary N) is 1. The van der Waals surface area contributed by atoms with E-state index < -0.39 is 12.1 Å². The number of aromatic nitrogens is 2. The first-order chi connectivity index (χ1) is 20.0. The monoisotopic (exact) mass is 587 g/mol. The van der Waals surface area contributed by atoms with Crippen molar-refractivity contribution in [3.8, 4) is 17.5 Å². The number of hydrogen-bond donors (Lipinski definition) is 4. The molecule has 0 spiro atoms. The van der Waals surface area contributed by atoms with E-state index in [1.807, 2.05) is 78.9 Å². The number of nitrogens with one attached hydrogen (secondary N) is 2. The van der Waals surface area contributed by atoms with Crippen LogP contribution >= 0.6 is 0 Å². The molecule has 5 N–H and O–H groups in total. The number of carboxylic acid groups (broad SMARTS) is 1. The van der Waals surface area contributed by atoms with Gasteiger partial charge < -0.3 is 30.4 Å².